The van der Waals surface area contributed by atoms with Crippen molar-refractivity contribution in [3.05, 3.63) is 42.5 Å². The number of hydrogen-bond donors (Lipinski definition) is 1. The van der Waals surface area contributed by atoms with Crippen molar-refractivity contribution >= 4 is 29.1 Å². The number of nitrogens with one attached hydrogen (secondary N) is 1. The zero-order valence-corrected chi connectivity index (χ0v) is 15.6. The highest BCUT2D eigenvalue weighted by Gasteiger charge is 2.21. The number of nitrogens with zero attached hydrogens (tertiary/aromatic N) is 4. The van der Waals surface area contributed by atoms with Crippen LogP contribution in [0.5, 0.6) is 0 Å². The van der Waals surface area contributed by atoms with Crippen LogP contribution >= 0.6 is 11.8 Å². The van der Waals surface area contributed by atoms with Crippen LogP contribution in [-0.4, -0.2) is 53.7 Å². The van der Waals surface area contributed by atoms with Crippen molar-refractivity contribution in [3.63, 3.8) is 0 Å². The van der Waals surface area contributed by atoms with Gasteiger partial charge in [-0.05, 0) is 37.1 Å². The van der Waals surface area contributed by atoms with Gasteiger partial charge >= 0.3 is 0 Å². The maximum absolute atomic E-state index is 13.0. The van der Waals surface area contributed by atoms with Crippen molar-refractivity contribution < 1.29 is 4.39 Å². The topological polar surface area (TPSA) is 44.3 Å². The SMILES string of the molecule is Fc1ccc(NC2CCN(c3cc(N4CCSCC4)ncn3)CC2)cc1. The molecule has 1 aromatic heterocycles. The lowest BCUT2D eigenvalue weighted by molar-refractivity contribution is 0.523. The molecule has 0 aliphatic carbocycles. The van der Waals surface area contributed by atoms with E-state index in [0.717, 1.165) is 56.3 Å². The van der Waals surface area contributed by atoms with Crippen LogP contribution in [0.3, 0.4) is 0 Å². The lowest BCUT2D eigenvalue weighted by Crippen LogP contribution is -2.40. The fraction of sp³-hybridized carbons (Fsp3) is 0.474. The molecule has 0 spiro atoms. The summed E-state index contributed by atoms with van der Waals surface area (Å²) >= 11 is 2.00. The highest BCUT2D eigenvalue weighted by molar-refractivity contribution is 7.99. The van der Waals surface area contributed by atoms with Crippen molar-refractivity contribution in [1.82, 2.24) is 9.97 Å². The van der Waals surface area contributed by atoms with Crippen molar-refractivity contribution in [3.8, 4) is 0 Å². The quantitative estimate of drug-likeness (QED) is 0.888. The monoisotopic (exact) mass is 373 g/mol. The van der Waals surface area contributed by atoms with Crippen LogP contribution in [0.1, 0.15) is 12.8 Å². The van der Waals surface area contributed by atoms with Crippen LogP contribution in [0, 0.1) is 5.82 Å². The first-order chi connectivity index (χ1) is 12.8. The molecule has 2 aliphatic heterocycles. The average Bonchev–Trinajstić information content (AvgIpc) is 2.71. The van der Waals surface area contributed by atoms with Gasteiger partial charge in [-0.1, -0.05) is 0 Å². The van der Waals surface area contributed by atoms with Crippen molar-refractivity contribution in [2.24, 2.45) is 0 Å². The predicted octanol–water partition coefficient (Wildman–Crippen LogP) is 3.25. The molecule has 2 saturated heterocycles. The number of thioether (sulfide) groups is 1. The predicted molar refractivity (Wildman–Crippen MR) is 107 cm³/mol. The van der Waals surface area contributed by atoms with Gasteiger partial charge in [-0.15, -0.1) is 0 Å². The third-order valence-corrected chi connectivity index (χ3v) is 5.95. The van der Waals surface area contributed by atoms with E-state index in [-0.39, 0.29) is 5.82 Å². The molecule has 26 heavy (non-hydrogen) atoms. The highest BCUT2D eigenvalue weighted by atomic mass is 32.2. The molecule has 1 N–H and O–H groups in total. The van der Waals surface area contributed by atoms with Gasteiger partial charge in [0.1, 0.15) is 23.8 Å². The molecule has 0 unspecified atom stereocenters. The number of hydrogen-bond acceptors (Lipinski definition) is 6. The first-order valence-electron chi connectivity index (χ1n) is 9.20. The molecular weight excluding hydrogens is 349 g/mol. The van der Waals surface area contributed by atoms with Crippen molar-refractivity contribution in [2.75, 3.05) is 52.8 Å². The standard InChI is InChI=1S/C19H24FN5S/c20-15-1-3-16(4-2-15)23-17-5-7-24(8-6-17)18-13-19(22-14-21-18)25-9-11-26-12-10-25/h1-4,13-14,17,23H,5-12H2. The highest BCUT2D eigenvalue weighted by Crippen LogP contribution is 2.24. The molecule has 3 heterocycles. The second-order valence-corrected chi connectivity index (χ2v) is 7.97. The second-order valence-electron chi connectivity index (χ2n) is 6.75. The summed E-state index contributed by atoms with van der Waals surface area (Å²) in [4.78, 5) is 13.7. The van der Waals surface area contributed by atoms with Gasteiger partial charge in [0.15, 0.2) is 0 Å². The number of anilines is 3. The summed E-state index contributed by atoms with van der Waals surface area (Å²) in [6.45, 7) is 4.05. The Kier molecular flexibility index (Phi) is 5.43. The van der Waals surface area contributed by atoms with E-state index >= 15 is 0 Å². The van der Waals surface area contributed by atoms with Crippen LogP contribution in [0.2, 0.25) is 0 Å². The fourth-order valence-corrected chi connectivity index (χ4v) is 4.41. The molecule has 5 nitrogen and oxygen atoms in total. The van der Waals surface area contributed by atoms with Gasteiger partial charge in [-0.3, -0.25) is 0 Å². The summed E-state index contributed by atoms with van der Waals surface area (Å²) < 4.78 is 13.0. The summed E-state index contributed by atoms with van der Waals surface area (Å²) in [6, 6.07) is 9.14. The maximum Gasteiger partial charge on any atom is 0.134 e. The molecule has 4 rings (SSSR count). The van der Waals surface area contributed by atoms with Gasteiger partial charge in [0.05, 0.1) is 0 Å². The van der Waals surface area contributed by atoms with Gasteiger partial charge < -0.3 is 15.1 Å². The Hall–Kier alpha value is -2.02. The second kappa shape index (κ2) is 8.12. The van der Waals surface area contributed by atoms with E-state index in [1.807, 2.05) is 11.8 Å². The molecule has 2 aromatic rings. The molecule has 7 heteroatoms. The first kappa shape index (κ1) is 17.4. The van der Waals surface area contributed by atoms with Crippen LogP contribution in [-0.2, 0) is 0 Å². The van der Waals surface area contributed by atoms with Gasteiger partial charge in [-0.25, -0.2) is 14.4 Å². The summed E-state index contributed by atoms with van der Waals surface area (Å²) in [5, 5.41) is 3.51. The van der Waals surface area contributed by atoms with Crippen molar-refractivity contribution in [1.29, 1.82) is 0 Å². The van der Waals surface area contributed by atoms with Crippen LogP contribution in [0.4, 0.5) is 21.7 Å². The third kappa shape index (κ3) is 4.20. The zero-order valence-electron chi connectivity index (χ0n) is 14.8. The summed E-state index contributed by atoms with van der Waals surface area (Å²) in [6.07, 6.45) is 3.77. The molecule has 1 aromatic carbocycles. The molecule has 0 radical (unpaired) electrons. The molecule has 0 saturated carbocycles. The number of halogens is 1. The molecule has 2 aliphatic rings. The van der Waals surface area contributed by atoms with Gasteiger partial charge in [-0.2, -0.15) is 11.8 Å². The van der Waals surface area contributed by atoms with E-state index in [2.05, 4.69) is 31.2 Å². The van der Waals surface area contributed by atoms with Crippen molar-refractivity contribution in [2.45, 2.75) is 18.9 Å². The number of aromatic nitrogens is 2. The van der Waals surface area contributed by atoms with E-state index in [1.54, 1.807) is 18.5 Å². The van der Waals surface area contributed by atoms with Crippen LogP contribution in [0.15, 0.2) is 36.7 Å². The minimum Gasteiger partial charge on any atom is -0.382 e. The lowest BCUT2D eigenvalue weighted by atomic mass is 10.0. The third-order valence-electron chi connectivity index (χ3n) is 5.01. The Morgan fingerprint density at radius 1 is 0.923 bits per heavy atom. The fourth-order valence-electron chi connectivity index (χ4n) is 3.51. The van der Waals surface area contributed by atoms with Crippen LogP contribution in [0.25, 0.3) is 0 Å². The summed E-state index contributed by atoms with van der Waals surface area (Å²) in [5.74, 6) is 4.20. The summed E-state index contributed by atoms with van der Waals surface area (Å²) in [7, 11) is 0. The normalized spacial score (nSPS) is 18.8. The number of benzene rings is 1. The van der Waals surface area contributed by atoms with Gasteiger partial charge in [0, 0.05) is 55.5 Å². The molecule has 0 atom stereocenters. The molecule has 2 fully saturated rings. The number of piperidine rings is 1. The molecular formula is C19H24FN5S. The van der Waals surface area contributed by atoms with Gasteiger partial charge in [0.2, 0.25) is 0 Å². The molecule has 0 bridgehead atoms. The van der Waals surface area contributed by atoms with E-state index in [4.69, 9.17) is 0 Å². The smallest absolute Gasteiger partial charge is 0.134 e. The minimum absolute atomic E-state index is 0.197. The summed E-state index contributed by atoms with van der Waals surface area (Å²) in [5.41, 5.74) is 0.983. The average molecular weight is 374 g/mol. The van der Waals surface area contributed by atoms with Crippen LogP contribution < -0.4 is 15.1 Å². The molecule has 0 amide bonds. The number of rotatable bonds is 4. The Morgan fingerprint density at radius 3 is 2.19 bits per heavy atom. The molecule has 138 valence electrons. The van der Waals surface area contributed by atoms with E-state index in [9.17, 15) is 4.39 Å². The van der Waals surface area contributed by atoms with E-state index < -0.39 is 0 Å². The van der Waals surface area contributed by atoms with E-state index in [0.29, 0.717) is 6.04 Å². The Bertz CT molecular complexity index is 712. The largest absolute Gasteiger partial charge is 0.382 e. The zero-order chi connectivity index (χ0) is 17.8. The van der Waals surface area contributed by atoms with E-state index in [1.165, 1.54) is 23.6 Å². The maximum atomic E-state index is 13.0. The Balaban J connectivity index is 1.35. The first-order valence-corrected chi connectivity index (χ1v) is 10.4. The Labute approximate surface area is 158 Å². The minimum atomic E-state index is -0.197. The van der Waals surface area contributed by atoms with Gasteiger partial charge in [0.25, 0.3) is 0 Å². The Morgan fingerprint density at radius 2 is 1.54 bits per heavy atom. The lowest BCUT2D eigenvalue weighted by Gasteiger charge is -2.34.